The van der Waals surface area contributed by atoms with Crippen molar-refractivity contribution in [1.82, 2.24) is 14.1 Å². The highest BCUT2D eigenvalue weighted by Gasteiger charge is 2.18. The molecule has 0 bridgehead atoms. The molecule has 3 heterocycles. The molecule has 2 aromatic carbocycles. The predicted octanol–water partition coefficient (Wildman–Crippen LogP) is 2.87. The summed E-state index contributed by atoms with van der Waals surface area (Å²) in [7, 11) is 1.71. The lowest BCUT2D eigenvalue weighted by atomic mass is 10.2. The molecule has 0 saturated carbocycles. The fourth-order valence-electron chi connectivity index (χ4n) is 4.14. The van der Waals surface area contributed by atoms with Crippen LogP contribution in [0.4, 0.5) is 11.4 Å². The van der Waals surface area contributed by atoms with Gasteiger partial charge in [0.1, 0.15) is 5.82 Å². The van der Waals surface area contributed by atoms with Gasteiger partial charge in [0.2, 0.25) is 0 Å². The Hall–Kier alpha value is -3.58. The molecule has 5 rings (SSSR count). The zero-order chi connectivity index (χ0) is 21.4. The van der Waals surface area contributed by atoms with Crippen molar-refractivity contribution < 1.29 is 4.74 Å². The zero-order valence-electron chi connectivity index (χ0n) is 17.5. The molecule has 0 unspecified atom stereocenters. The molecule has 7 nitrogen and oxygen atoms in total. The molecule has 1 fully saturated rings. The highest BCUT2D eigenvalue weighted by molar-refractivity contribution is 5.84. The van der Waals surface area contributed by atoms with E-state index in [1.54, 1.807) is 19.3 Å². The summed E-state index contributed by atoms with van der Waals surface area (Å²) in [6.07, 6.45) is 1.80. The third-order valence-electron chi connectivity index (χ3n) is 5.76. The number of benzene rings is 2. The van der Waals surface area contributed by atoms with Gasteiger partial charge in [-0.15, -0.1) is 0 Å². The Morgan fingerprint density at radius 2 is 1.84 bits per heavy atom. The first-order valence-corrected chi connectivity index (χ1v) is 10.4. The number of nitrogen functional groups attached to an aromatic ring is 1. The monoisotopic (exact) mass is 415 g/mol. The molecule has 0 amide bonds. The van der Waals surface area contributed by atoms with Gasteiger partial charge in [-0.3, -0.25) is 4.79 Å². The topological polar surface area (TPSA) is 78.3 Å². The lowest BCUT2D eigenvalue weighted by molar-refractivity contribution is 0.122. The van der Waals surface area contributed by atoms with Crippen molar-refractivity contribution in [2.45, 2.75) is 6.54 Å². The molecule has 158 valence electrons. The smallest absolute Gasteiger partial charge is 0.273 e. The van der Waals surface area contributed by atoms with Crippen molar-refractivity contribution in [1.29, 1.82) is 0 Å². The number of hydrogen-bond acceptors (Lipinski definition) is 5. The van der Waals surface area contributed by atoms with E-state index in [1.807, 2.05) is 18.2 Å². The Labute approximate surface area is 180 Å². The number of hydrogen-bond donors (Lipinski definition) is 1. The van der Waals surface area contributed by atoms with Crippen LogP contribution in [0.1, 0.15) is 5.56 Å². The number of aryl methyl sites for hydroxylation is 1. The predicted molar refractivity (Wildman–Crippen MR) is 123 cm³/mol. The molecule has 2 aromatic heterocycles. The molecule has 1 aliphatic rings. The molecule has 0 aliphatic carbocycles. The number of pyridine rings is 1. The van der Waals surface area contributed by atoms with Crippen LogP contribution in [0.2, 0.25) is 0 Å². The summed E-state index contributed by atoms with van der Waals surface area (Å²) in [4.78, 5) is 19.4. The number of rotatable bonds is 4. The molecule has 7 heteroatoms. The van der Waals surface area contributed by atoms with Crippen molar-refractivity contribution in [3.63, 3.8) is 0 Å². The molecule has 31 heavy (non-hydrogen) atoms. The molecule has 2 N–H and O–H groups in total. The van der Waals surface area contributed by atoms with Crippen LogP contribution in [0.15, 0.2) is 65.6 Å². The van der Waals surface area contributed by atoms with Crippen LogP contribution < -0.4 is 16.2 Å². The van der Waals surface area contributed by atoms with E-state index in [-0.39, 0.29) is 11.2 Å². The third-order valence-corrected chi connectivity index (χ3v) is 5.76. The van der Waals surface area contributed by atoms with Gasteiger partial charge in [-0.1, -0.05) is 30.3 Å². The maximum absolute atomic E-state index is 12.1. The third kappa shape index (κ3) is 3.68. The number of anilines is 2. The van der Waals surface area contributed by atoms with Gasteiger partial charge in [0, 0.05) is 44.1 Å². The fourth-order valence-corrected chi connectivity index (χ4v) is 4.14. The number of ether oxygens (including phenoxy) is 1. The standard InChI is InChI=1S/C24H25N5O2/c1-27-16-18(13-20(25)24(27)30)23-26-21-8-7-19(28-9-11-31-12-10-28)14-22(21)29(23)15-17-5-3-2-4-6-17/h2-8,13-14,16H,9-12,15,25H2,1H3. The van der Waals surface area contributed by atoms with Crippen molar-refractivity contribution in [3.8, 4) is 11.4 Å². The average molecular weight is 415 g/mol. The van der Waals surface area contributed by atoms with Gasteiger partial charge in [0.15, 0.2) is 0 Å². The highest BCUT2D eigenvalue weighted by atomic mass is 16.5. The minimum Gasteiger partial charge on any atom is -0.394 e. The average Bonchev–Trinajstić information content (AvgIpc) is 3.16. The number of fused-ring (bicyclic) bond motifs is 1. The lowest BCUT2D eigenvalue weighted by Crippen LogP contribution is -2.36. The Balaban J connectivity index is 1.68. The molecule has 1 aliphatic heterocycles. The van der Waals surface area contributed by atoms with Gasteiger partial charge < -0.3 is 24.5 Å². The number of morpholine rings is 1. The largest absolute Gasteiger partial charge is 0.394 e. The molecule has 0 atom stereocenters. The minimum absolute atomic E-state index is 0.205. The summed E-state index contributed by atoms with van der Waals surface area (Å²) in [5.41, 5.74) is 11.1. The second kappa shape index (κ2) is 7.92. The summed E-state index contributed by atoms with van der Waals surface area (Å²) >= 11 is 0. The normalized spacial score (nSPS) is 14.3. The first-order valence-electron chi connectivity index (χ1n) is 10.4. The first kappa shape index (κ1) is 19.4. The van der Waals surface area contributed by atoms with Crippen LogP contribution in [0.5, 0.6) is 0 Å². The summed E-state index contributed by atoms with van der Waals surface area (Å²) in [6.45, 7) is 3.90. The second-order valence-corrected chi connectivity index (χ2v) is 7.88. The molecular weight excluding hydrogens is 390 g/mol. The van der Waals surface area contributed by atoms with E-state index in [9.17, 15) is 4.79 Å². The van der Waals surface area contributed by atoms with Crippen LogP contribution in [0, 0.1) is 0 Å². The summed E-state index contributed by atoms with van der Waals surface area (Å²) in [5.74, 6) is 0.792. The van der Waals surface area contributed by atoms with Crippen molar-refractivity contribution >= 4 is 22.4 Å². The Morgan fingerprint density at radius 3 is 2.58 bits per heavy atom. The van der Waals surface area contributed by atoms with Crippen LogP contribution in [-0.2, 0) is 18.3 Å². The Bertz CT molecular complexity index is 1260. The van der Waals surface area contributed by atoms with E-state index >= 15 is 0 Å². The highest BCUT2D eigenvalue weighted by Crippen LogP contribution is 2.29. The van der Waals surface area contributed by atoms with Gasteiger partial charge in [-0.05, 0) is 29.8 Å². The zero-order valence-corrected chi connectivity index (χ0v) is 17.5. The SMILES string of the molecule is Cn1cc(-c2nc3ccc(N4CCOCC4)cc3n2Cc2ccccc2)cc(N)c1=O. The summed E-state index contributed by atoms with van der Waals surface area (Å²) in [5, 5.41) is 0. The van der Waals surface area contributed by atoms with Gasteiger partial charge in [-0.25, -0.2) is 4.98 Å². The van der Waals surface area contributed by atoms with E-state index in [2.05, 4.69) is 39.8 Å². The summed E-state index contributed by atoms with van der Waals surface area (Å²) < 4.78 is 9.22. The van der Waals surface area contributed by atoms with Crippen molar-refractivity contribution in [3.05, 3.63) is 76.7 Å². The van der Waals surface area contributed by atoms with Gasteiger partial charge >= 0.3 is 0 Å². The molecule has 0 spiro atoms. The second-order valence-electron chi connectivity index (χ2n) is 7.88. The van der Waals surface area contributed by atoms with Crippen molar-refractivity contribution in [2.75, 3.05) is 36.9 Å². The number of imidazole rings is 1. The van der Waals surface area contributed by atoms with E-state index < -0.39 is 0 Å². The molecule has 1 saturated heterocycles. The lowest BCUT2D eigenvalue weighted by Gasteiger charge is -2.28. The molecular formula is C24H25N5O2. The Morgan fingerprint density at radius 1 is 1.06 bits per heavy atom. The minimum atomic E-state index is -0.205. The maximum Gasteiger partial charge on any atom is 0.273 e. The number of aromatic nitrogens is 3. The van der Waals surface area contributed by atoms with Crippen LogP contribution >= 0.6 is 0 Å². The Kier molecular flexibility index (Phi) is 4.95. The van der Waals surface area contributed by atoms with Crippen LogP contribution in [0.3, 0.4) is 0 Å². The maximum atomic E-state index is 12.1. The molecule has 4 aromatic rings. The van der Waals surface area contributed by atoms with Crippen LogP contribution in [0.25, 0.3) is 22.4 Å². The number of nitrogens with two attached hydrogens (primary N) is 1. The molecule has 0 radical (unpaired) electrons. The summed E-state index contributed by atoms with van der Waals surface area (Å²) in [6, 6.07) is 18.4. The van der Waals surface area contributed by atoms with Crippen molar-refractivity contribution in [2.24, 2.45) is 7.05 Å². The van der Waals surface area contributed by atoms with Gasteiger partial charge in [0.05, 0.1) is 29.9 Å². The van der Waals surface area contributed by atoms with E-state index in [4.69, 9.17) is 15.5 Å². The van der Waals surface area contributed by atoms with Crippen LogP contribution in [-0.4, -0.2) is 40.4 Å². The van der Waals surface area contributed by atoms with E-state index in [1.165, 1.54) is 10.1 Å². The fraction of sp³-hybridized carbons (Fsp3) is 0.250. The van der Waals surface area contributed by atoms with E-state index in [0.717, 1.165) is 54.4 Å². The quantitative estimate of drug-likeness (QED) is 0.555. The first-order chi connectivity index (χ1) is 15.1. The number of nitrogens with zero attached hydrogens (tertiary/aromatic N) is 4. The van der Waals surface area contributed by atoms with Gasteiger partial charge in [-0.2, -0.15) is 0 Å². The van der Waals surface area contributed by atoms with Gasteiger partial charge in [0.25, 0.3) is 5.56 Å². The van der Waals surface area contributed by atoms with E-state index in [0.29, 0.717) is 6.54 Å².